The normalized spacial score (nSPS) is 18.7. The molecule has 0 spiro atoms. The third kappa shape index (κ3) is 4.67. The second kappa shape index (κ2) is 8.27. The van der Waals surface area contributed by atoms with Gasteiger partial charge >= 0.3 is 0 Å². The molecule has 0 bridgehead atoms. The van der Waals surface area contributed by atoms with E-state index in [1.54, 1.807) is 6.20 Å². The van der Waals surface area contributed by atoms with E-state index in [0.717, 1.165) is 63.5 Å². The fourth-order valence-electron chi connectivity index (χ4n) is 3.50. The zero-order valence-electron chi connectivity index (χ0n) is 14.9. The Bertz CT molecular complexity index is 613. The maximum atomic E-state index is 12.3. The quantitative estimate of drug-likeness (QED) is 0.782. The van der Waals surface area contributed by atoms with Crippen molar-refractivity contribution in [2.75, 3.05) is 37.6 Å². The lowest BCUT2D eigenvalue weighted by Gasteiger charge is -2.31. The highest BCUT2D eigenvalue weighted by atomic mass is 16.2. The van der Waals surface area contributed by atoms with Gasteiger partial charge in [0.05, 0.1) is 0 Å². The van der Waals surface area contributed by atoms with Crippen molar-refractivity contribution in [3.8, 4) is 0 Å². The SMILES string of the molecule is Cc1ccnc(N2CCC(C(=O)NCCCN3CCCC3=O)CC2)n1. The molecular formula is C18H27N5O2. The predicted octanol–water partition coefficient (Wildman–Crippen LogP) is 1.13. The average molecular weight is 345 g/mol. The largest absolute Gasteiger partial charge is 0.356 e. The van der Waals surface area contributed by atoms with Gasteiger partial charge in [-0.15, -0.1) is 0 Å². The van der Waals surface area contributed by atoms with Gasteiger partial charge in [-0.3, -0.25) is 9.59 Å². The molecule has 25 heavy (non-hydrogen) atoms. The van der Waals surface area contributed by atoms with Crippen LogP contribution in [0.5, 0.6) is 0 Å². The minimum Gasteiger partial charge on any atom is -0.356 e. The van der Waals surface area contributed by atoms with Crippen molar-refractivity contribution in [3.05, 3.63) is 18.0 Å². The van der Waals surface area contributed by atoms with Gasteiger partial charge < -0.3 is 15.1 Å². The molecule has 2 amide bonds. The van der Waals surface area contributed by atoms with Gasteiger partial charge in [0.25, 0.3) is 0 Å². The van der Waals surface area contributed by atoms with E-state index in [-0.39, 0.29) is 17.7 Å². The van der Waals surface area contributed by atoms with E-state index >= 15 is 0 Å². The van der Waals surface area contributed by atoms with Crippen LogP contribution in [0.2, 0.25) is 0 Å². The number of carbonyl (C=O) groups is 2. The average Bonchev–Trinajstić information content (AvgIpc) is 3.04. The maximum Gasteiger partial charge on any atom is 0.225 e. The highest BCUT2D eigenvalue weighted by Gasteiger charge is 2.26. The molecular weight excluding hydrogens is 318 g/mol. The molecule has 0 aliphatic carbocycles. The summed E-state index contributed by atoms with van der Waals surface area (Å²) in [5.41, 5.74) is 0.960. The van der Waals surface area contributed by atoms with Crippen molar-refractivity contribution in [1.29, 1.82) is 0 Å². The van der Waals surface area contributed by atoms with E-state index in [1.807, 2.05) is 17.9 Å². The third-order valence-corrected chi connectivity index (χ3v) is 5.01. The molecule has 1 aromatic rings. The monoisotopic (exact) mass is 345 g/mol. The standard InChI is InChI=1S/C18H27N5O2/c1-14-5-9-20-18(21-14)23-12-6-15(7-13-23)17(25)19-8-3-11-22-10-2-4-16(22)24/h5,9,15H,2-4,6-8,10-13H2,1H3,(H,19,25). The van der Waals surface area contributed by atoms with Gasteiger partial charge in [-0.1, -0.05) is 0 Å². The summed E-state index contributed by atoms with van der Waals surface area (Å²) < 4.78 is 0. The summed E-state index contributed by atoms with van der Waals surface area (Å²) in [6.07, 6.45) is 5.90. The summed E-state index contributed by atoms with van der Waals surface area (Å²) in [4.78, 5) is 36.7. The van der Waals surface area contributed by atoms with Crippen molar-refractivity contribution in [3.63, 3.8) is 0 Å². The van der Waals surface area contributed by atoms with Gasteiger partial charge in [0.15, 0.2) is 0 Å². The molecule has 0 unspecified atom stereocenters. The number of nitrogens with zero attached hydrogens (tertiary/aromatic N) is 4. The smallest absolute Gasteiger partial charge is 0.225 e. The molecule has 7 heteroatoms. The lowest BCUT2D eigenvalue weighted by atomic mass is 9.96. The Kier molecular flexibility index (Phi) is 5.83. The van der Waals surface area contributed by atoms with Crippen molar-refractivity contribution < 1.29 is 9.59 Å². The van der Waals surface area contributed by atoms with Crippen molar-refractivity contribution in [2.24, 2.45) is 5.92 Å². The van der Waals surface area contributed by atoms with Crippen LogP contribution in [0.25, 0.3) is 0 Å². The minimum atomic E-state index is 0.0643. The fraction of sp³-hybridized carbons (Fsp3) is 0.667. The molecule has 1 N–H and O–H groups in total. The van der Waals surface area contributed by atoms with E-state index in [2.05, 4.69) is 20.2 Å². The Balaban J connectivity index is 1.36. The first-order valence-corrected chi connectivity index (χ1v) is 9.23. The van der Waals surface area contributed by atoms with Crippen LogP contribution in [0.4, 0.5) is 5.95 Å². The number of rotatable bonds is 6. The molecule has 2 aliphatic rings. The van der Waals surface area contributed by atoms with Gasteiger partial charge in [0, 0.05) is 57.0 Å². The number of carbonyl (C=O) groups excluding carboxylic acids is 2. The number of aromatic nitrogens is 2. The molecule has 2 fully saturated rings. The molecule has 136 valence electrons. The highest BCUT2D eigenvalue weighted by Crippen LogP contribution is 2.20. The molecule has 2 saturated heterocycles. The number of amides is 2. The van der Waals surface area contributed by atoms with Crippen molar-refractivity contribution >= 4 is 17.8 Å². The third-order valence-electron chi connectivity index (χ3n) is 5.01. The lowest BCUT2D eigenvalue weighted by Crippen LogP contribution is -2.41. The lowest BCUT2D eigenvalue weighted by molar-refractivity contribution is -0.127. The molecule has 0 atom stereocenters. The first-order valence-electron chi connectivity index (χ1n) is 9.23. The first kappa shape index (κ1) is 17.6. The van der Waals surface area contributed by atoms with Crippen LogP contribution in [0.3, 0.4) is 0 Å². The molecule has 7 nitrogen and oxygen atoms in total. The number of hydrogen-bond donors (Lipinski definition) is 1. The van der Waals surface area contributed by atoms with Gasteiger partial charge in [0.2, 0.25) is 17.8 Å². The number of nitrogens with one attached hydrogen (secondary N) is 1. The van der Waals surface area contributed by atoms with Gasteiger partial charge in [-0.2, -0.15) is 0 Å². The summed E-state index contributed by atoms with van der Waals surface area (Å²) in [5.74, 6) is 1.21. The summed E-state index contributed by atoms with van der Waals surface area (Å²) in [6.45, 7) is 5.84. The molecule has 3 heterocycles. The van der Waals surface area contributed by atoms with Gasteiger partial charge in [0.1, 0.15) is 0 Å². The summed E-state index contributed by atoms with van der Waals surface area (Å²) in [5, 5.41) is 3.03. The Morgan fingerprint density at radius 2 is 2.12 bits per heavy atom. The molecule has 1 aromatic heterocycles. The second-order valence-corrected chi connectivity index (χ2v) is 6.89. The number of anilines is 1. The molecule has 2 aliphatic heterocycles. The molecule has 0 aromatic carbocycles. The minimum absolute atomic E-state index is 0.0643. The van der Waals surface area contributed by atoms with Crippen molar-refractivity contribution in [1.82, 2.24) is 20.2 Å². The van der Waals surface area contributed by atoms with Crippen LogP contribution in [-0.4, -0.2) is 59.4 Å². The highest BCUT2D eigenvalue weighted by molar-refractivity contribution is 5.79. The van der Waals surface area contributed by atoms with E-state index in [0.29, 0.717) is 13.0 Å². The second-order valence-electron chi connectivity index (χ2n) is 6.89. The zero-order valence-corrected chi connectivity index (χ0v) is 14.9. The van der Waals surface area contributed by atoms with Crippen LogP contribution in [-0.2, 0) is 9.59 Å². The Morgan fingerprint density at radius 1 is 1.32 bits per heavy atom. The van der Waals surface area contributed by atoms with E-state index < -0.39 is 0 Å². The van der Waals surface area contributed by atoms with Gasteiger partial charge in [-0.05, 0) is 38.7 Å². The van der Waals surface area contributed by atoms with Crippen LogP contribution in [0.1, 0.15) is 37.8 Å². The fourth-order valence-corrected chi connectivity index (χ4v) is 3.50. The van der Waals surface area contributed by atoms with E-state index in [9.17, 15) is 9.59 Å². The summed E-state index contributed by atoms with van der Waals surface area (Å²) >= 11 is 0. The number of likely N-dealkylation sites (tertiary alicyclic amines) is 1. The van der Waals surface area contributed by atoms with E-state index in [1.165, 1.54) is 0 Å². The molecule has 0 saturated carbocycles. The van der Waals surface area contributed by atoms with Crippen LogP contribution >= 0.6 is 0 Å². The van der Waals surface area contributed by atoms with Crippen molar-refractivity contribution in [2.45, 2.75) is 39.0 Å². The number of aryl methyl sites for hydroxylation is 1. The summed E-state index contributed by atoms with van der Waals surface area (Å²) in [7, 11) is 0. The Morgan fingerprint density at radius 3 is 2.80 bits per heavy atom. The number of hydrogen-bond acceptors (Lipinski definition) is 5. The Hall–Kier alpha value is -2.18. The van der Waals surface area contributed by atoms with Crippen LogP contribution in [0, 0.1) is 12.8 Å². The van der Waals surface area contributed by atoms with Gasteiger partial charge in [-0.25, -0.2) is 9.97 Å². The summed E-state index contributed by atoms with van der Waals surface area (Å²) in [6, 6.07) is 1.89. The molecule has 0 radical (unpaired) electrons. The maximum absolute atomic E-state index is 12.3. The van der Waals surface area contributed by atoms with Crippen LogP contribution < -0.4 is 10.2 Å². The molecule has 3 rings (SSSR count). The first-order chi connectivity index (χ1) is 12.1. The predicted molar refractivity (Wildman–Crippen MR) is 95.1 cm³/mol. The zero-order chi connectivity index (χ0) is 17.6. The Labute approximate surface area is 148 Å². The van der Waals surface area contributed by atoms with E-state index in [4.69, 9.17) is 0 Å². The van der Waals surface area contributed by atoms with Crippen LogP contribution in [0.15, 0.2) is 12.3 Å². The topological polar surface area (TPSA) is 78.4 Å². The number of piperidine rings is 1.